The van der Waals surface area contributed by atoms with Crippen LogP contribution in [0, 0.1) is 11.8 Å². The van der Waals surface area contributed by atoms with Crippen molar-refractivity contribution in [3.05, 3.63) is 18.3 Å². The topological polar surface area (TPSA) is 85.1 Å². The molecule has 106 valence electrons. The van der Waals surface area contributed by atoms with Gasteiger partial charge < -0.3 is 5.73 Å². The van der Waals surface area contributed by atoms with Gasteiger partial charge in [0.25, 0.3) is 0 Å². The normalized spacial score (nSPS) is 24.3. The average molecular weight is 283 g/mol. The van der Waals surface area contributed by atoms with Crippen LogP contribution >= 0.6 is 0 Å². The highest BCUT2D eigenvalue weighted by molar-refractivity contribution is 7.89. The van der Waals surface area contributed by atoms with Gasteiger partial charge >= 0.3 is 0 Å². The zero-order chi connectivity index (χ0) is 13.9. The summed E-state index contributed by atoms with van der Waals surface area (Å²) < 4.78 is 26.9. The molecule has 19 heavy (non-hydrogen) atoms. The molecule has 0 spiro atoms. The summed E-state index contributed by atoms with van der Waals surface area (Å²) in [5.41, 5.74) is 5.51. The number of hydrogen-bond donors (Lipinski definition) is 2. The summed E-state index contributed by atoms with van der Waals surface area (Å²) in [5.74, 6) is 1.35. The molecule has 2 atom stereocenters. The number of anilines is 1. The van der Waals surface area contributed by atoms with E-state index in [1.165, 1.54) is 31.2 Å². The smallest absolute Gasteiger partial charge is 0.240 e. The zero-order valence-electron chi connectivity index (χ0n) is 11.2. The molecule has 1 fully saturated rings. The van der Waals surface area contributed by atoms with Crippen molar-refractivity contribution in [1.82, 2.24) is 9.71 Å². The van der Waals surface area contributed by atoms with E-state index in [1.54, 1.807) is 0 Å². The number of hydrogen-bond acceptors (Lipinski definition) is 4. The number of rotatable bonds is 4. The van der Waals surface area contributed by atoms with E-state index in [0.717, 1.165) is 12.8 Å². The summed E-state index contributed by atoms with van der Waals surface area (Å²) in [6.45, 7) is 2.74. The molecule has 0 radical (unpaired) electrons. The third-order valence-corrected chi connectivity index (χ3v) is 5.09. The number of pyridine rings is 1. The van der Waals surface area contributed by atoms with Crippen molar-refractivity contribution in [2.24, 2.45) is 11.8 Å². The standard InChI is InChI=1S/C13H21N3O2S/c1-10-3-2-4-11(7-10)9-16-19(17,18)12-5-6-15-13(14)8-12/h5-6,8,10-11,16H,2-4,7,9H2,1H3,(H2,14,15). The van der Waals surface area contributed by atoms with Gasteiger partial charge in [0.05, 0.1) is 4.90 Å². The minimum absolute atomic E-state index is 0.184. The number of aromatic nitrogens is 1. The first-order valence-corrected chi connectivity index (χ1v) is 8.17. The van der Waals surface area contributed by atoms with Gasteiger partial charge in [0.1, 0.15) is 5.82 Å². The predicted octanol–water partition coefficient (Wildman–Crippen LogP) is 1.77. The van der Waals surface area contributed by atoms with E-state index in [0.29, 0.717) is 18.4 Å². The van der Waals surface area contributed by atoms with Crippen LogP contribution in [0.1, 0.15) is 32.6 Å². The fraction of sp³-hybridized carbons (Fsp3) is 0.615. The second kappa shape index (κ2) is 5.88. The van der Waals surface area contributed by atoms with Gasteiger partial charge in [-0.2, -0.15) is 0 Å². The molecule has 2 rings (SSSR count). The van der Waals surface area contributed by atoms with E-state index in [4.69, 9.17) is 5.73 Å². The molecule has 1 saturated carbocycles. The molecule has 0 amide bonds. The first-order valence-electron chi connectivity index (χ1n) is 6.68. The fourth-order valence-corrected chi connectivity index (χ4v) is 3.79. The predicted molar refractivity (Wildman–Crippen MR) is 75.0 cm³/mol. The lowest BCUT2D eigenvalue weighted by molar-refractivity contribution is 0.283. The summed E-state index contributed by atoms with van der Waals surface area (Å²) in [7, 11) is -3.47. The lowest BCUT2D eigenvalue weighted by Crippen LogP contribution is -2.31. The van der Waals surface area contributed by atoms with Crippen molar-refractivity contribution < 1.29 is 8.42 Å². The molecule has 1 aliphatic carbocycles. The lowest BCUT2D eigenvalue weighted by atomic mass is 9.83. The van der Waals surface area contributed by atoms with Crippen molar-refractivity contribution in [3.63, 3.8) is 0 Å². The Bertz CT molecular complexity index is 530. The van der Waals surface area contributed by atoms with E-state index in [9.17, 15) is 8.42 Å². The molecule has 0 aromatic carbocycles. The Labute approximate surface area is 114 Å². The van der Waals surface area contributed by atoms with Crippen molar-refractivity contribution in [2.75, 3.05) is 12.3 Å². The maximum atomic E-state index is 12.1. The van der Waals surface area contributed by atoms with Crippen LogP contribution in [-0.2, 0) is 10.0 Å². The third kappa shape index (κ3) is 3.91. The van der Waals surface area contributed by atoms with E-state index in [-0.39, 0.29) is 10.7 Å². The van der Waals surface area contributed by atoms with Gasteiger partial charge in [-0.15, -0.1) is 0 Å². The average Bonchev–Trinajstić information content (AvgIpc) is 2.37. The Balaban J connectivity index is 1.98. The number of nitrogens with zero attached hydrogens (tertiary/aromatic N) is 1. The lowest BCUT2D eigenvalue weighted by Gasteiger charge is -2.26. The Hall–Kier alpha value is -1.14. The second-order valence-electron chi connectivity index (χ2n) is 5.41. The highest BCUT2D eigenvalue weighted by atomic mass is 32.2. The summed E-state index contributed by atoms with van der Waals surface area (Å²) in [6, 6.07) is 2.84. The summed E-state index contributed by atoms with van der Waals surface area (Å²) >= 11 is 0. The van der Waals surface area contributed by atoms with Gasteiger partial charge in [0.15, 0.2) is 0 Å². The SMILES string of the molecule is CC1CCCC(CNS(=O)(=O)c2ccnc(N)c2)C1. The minimum atomic E-state index is -3.47. The van der Waals surface area contributed by atoms with E-state index < -0.39 is 10.0 Å². The molecule has 5 nitrogen and oxygen atoms in total. The maximum absolute atomic E-state index is 12.1. The van der Waals surface area contributed by atoms with Crippen LogP contribution < -0.4 is 10.5 Å². The Kier molecular flexibility index (Phi) is 4.42. The Morgan fingerprint density at radius 2 is 2.26 bits per heavy atom. The Morgan fingerprint density at radius 3 is 2.95 bits per heavy atom. The van der Waals surface area contributed by atoms with Gasteiger partial charge in [-0.3, -0.25) is 0 Å². The quantitative estimate of drug-likeness (QED) is 0.882. The summed E-state index contributed by atoms with van der Waals surface area (Å²) in [4.78, 5) is 3.98. The van der Waals surface area contributed by atoms with E-state index in [1.807, 2.05) is 0 Å². The van der Waals surface area contributed by atoms with Gasteiger partial charge in [0.2, 0.25) is 10.0 Å². The third-order valence-electron chi connectivity index (χ3n) is 3.67. The van der Waals surface area contributed by atoms with Crippen LogP contribution in [0.25, 0.3) is 0 Å². The van der Waals surface area contributed by atoms with Crippen LogP contribution in [0.5, 0.6) is 0 Å². The molecule has 0 aliphatic heterocycles. The molecule has 3 N–H and O–H groups in total. The van der Waals surface area contributed by atoms with Crippen molar-refractivity contribution in [3.8, 4) is 0 Å². The van der Waals surface area contributed by atoms with Crippen molar-refractivity contribution >= 4 is 15.8 Å². The van der Waals surface area contributed by atoms with Gasteiger partial charge in [-0.1, -0.05) is 19.8 Å². The van der Waals surface area contributed by atoms with Crippen LogP contribution in [0.3, 0.4) is 0 Å². The molecule has 1 aliphatic rings. The van der Waals surface area contributed by atoms with Crippen LogP contribution in [0.4, 0.5) is 5.82 Å². The number of nitrogens with two attached hydrogens (primary N) is 1. The molecule has 0 saturated heterocycles. The highest BCUT2D eigenvalue weighted by Gasteiger charge is 2.21. The van der Waals surface area contributed by atoms with Crippen LogP contribution in [0.15, 0.2) is 23.2 Å². The van der Waals surface area contributed by atoms with Gasteiger partial charge in [-0.25, -0.2) is 18.1 Å². The first kappa shape index (κ1) is 14.3. The highest BCUT2D eigenvalue weighted by Crippen LogP contribution is 2.28. The molecular formula is C13H21N3O2S. The first-order chi connectivity index (χ1) is 8.97. The number of nitrogens with one attached hydrogen (secondary N) is 1. The van der Waals surface area contributed by atoms with E-state index in [2.05, 4.69) is 16.6 Å². The molecule has 2 unspecified atom stereocenters. The van der Waals surface area contributed by atoms with Gasteiger partial charge in [-0.05, 0) is 30.7 Å². The Morgan fingerprint density at radius 1 is 1.47 bits per heavy atom. The second-order valence-corrected chi connectivity index (χ2v) is 7.17. The molecule has 1 heterocycles. The molecule has 6 heteroatoms. The van der Waals surface area contributed by atoms with Crippen LogP contribution in [0.2, 0.25) is 0 Å². The molecular weight excluding hydrogens is 262 g/mol. The van der Waals surface area contributed by atoms with Gasteiger partial charge in [0, 0.05) is 18.8 Å². The molecule has 1 aromatic heterocycles. The number of nitrogen functional groups attached to an aromatic ring is 1. The molecule has 1 aromatic rings. The zero-order valence-corrected chi connectivity index (χ0v) is 12.0. The van der Waals surface area contributed by atoms with E-state index >= 15 is 0 Å². The maximum Gasteiger partial charge on any atom is 0.240 e. The fourth-order valence-electron chi connectivity index (χ4n) is 2.65. The van der Waals surface area contributed by atoms with Crippen molar-refractivity contribution in [1.29, 1.82) is 0 Å². The monoisotopic (exact) mass is 283 g/mol. The summed E-state index contributed by atoms with van der Waals surface area (Å²) in [5, 5.41) is 0. The van der Waals surface area contributed by atoms with Crippen molar-refractivity contribution in [2.45, 2.75) is 37.5 Å². The van der Waals surface area contributed by atoms with Crippen LogP contribution in [-0.4, -0.2) is 19.9 Å². The number of sulfonamides is 1. The minimum Gasteiger partial charge on any atom is -0.384 e. The largest absolute Gasteiger partial charge is 0.384 e. The summed E-state index contributed by atoms with van der Waals surface area (Å²) in [6.07, 6.45) is 6.05. The molecule has 0 bridgehead atoms.